The summed E-state index contributed by atoms with van der Waals surface area (Å²) in [6, 6.07) is 9.49. The molecule has 1 aliphatic carbocycles. The van der Waals surface area contributed by atoms with Gasteiger partial charge in [0.05, 0.1) is 5.69 Å². The van der Waals surface area contributed by atoms with Crippen LogP contribution in [0.3, 0.4) is 0 Å². The molecular weight excluding hydrogens is 278 g/mol. The maximum absolute atomic E-state index is 4.73. The third kappa shape index (κ3) is 3.44. The van der Waals surface area contributed by atoms with Gasteiger partial charge < -0.3 is 10.2 Å². The lowest BCUT2D eigenvalue weighted by Crippen LogP contribution is -2.14. The first-order chi connectivity index (χ1) is 10.2. The minimum absolute atomic E-state index is 0.745. The number of nitrogens with zero attached hydrogens (tertiary/aromatic N) is 2. The van der Waals surface area contributed by atoms with Crippen molar-refractivity contribution in [3.63, 3.8) is 0 Å². The largest absolute Gasteiger partial charge is 0.321 e. The lowest BCUT2D eigenvalue weighted by atomic mass is 10.1. The lowest BCUT2D eigenvalue weighted by Gasteiger charge is -2.16. The summed E-state index contributed by atoms with van der Waals surface area (Å²) in [5, 5.41) is 4.65. The first-order valence-corrected chi connectivity index (χ1v) is 8.51. The predicted molar refractivity (Wildman–Crippen MR) is 90.6 cm³/mol. The van der Waals surface area contributed by atoms with Crippen molar-refractivity contribution in [3.05, 3.63) is 40.4 Å². The Morgan fingerprint density at radius 1 is 1.29 bits per heavy atom. The highest BCUT2D eigenvalue weighted by Gasteiger charge is 2.21. The van der Waals surface area contributed by atoms with Gasteiger partial charge in [-0.05, 0) is 43.9 Å². The molecule has 0 spiro atoms. The van der Waals surface area contributed by atoms with Gasteiger partial charge in [0.2, 0.25) is 0 Å². The molecule has 1 aliphatic rings. The van der Waals surface area contributed by atoms with E-state index in [1.807, 2.05) is 0 Å². The van der Waals surface area contributed by atoms with Crippen molar-refractivity contribution in [2.45, 2.75) is 45.7 Å². The molecule has 0 unspecified atom stereocenters. The Bertz CT molecular complexity index is 599. The van der Waals surface area contributed by atoms with Gasteiger partial charge in [-0.25, -0.2) is 4.98 Å². The highest BCUT2D eigenvalue weighted by molar-refractivity contribution is 7.15. The number of rotatable bonds is 6. The molecule has 1 saturated carbocycles. The quantitative estimate of drug-likeness (QED) is 0.873. The van der Waals surface area contributed by atoms with Crippen LogP contribution in [0.4, 0.5) is 10.8 Å². The maximum atomic E-state index is 4.73. The molecular formula is C17H23N3S. The molecule has 0 aliphatic heterocycles. The third-order valence-electron chi connectivity index (χ3n) is 4.03. The van der Waals surface area contributed by atoms with Crippen LogP contribution in [-0.2, 0) is 13.0 Å². The number of aromatic nitrogens is 1. The second kappa shape index (κ2) is 6.16. The average Bonchev–Trinajstić information content (AvgIpc) is 3.27. The molecule has 0 amide bonds. The fourth-order valence-electron chi connectivity index (χ4n) is 2.31. The smallest absolute Gasteiger partial charge is 0.190 e. The normalized spacial score (nSPS) is 14.4. The Balaban J connectivity index is 1.73. The Morgan fingerprint density at radius 3 is 2.62 bits per heavy atom. The van der Waals surface area contributed by atoms with Crippen molar-refractivity contribution in [1.82, 2.24) is 10.3 Å². The van der Waals surface area contributed by atoms with Crippen LogP contribution in [0.5, 0.6) is 0 Å². The number of benzene rings is 1. The van der Waals surface area contributed by atoms with Crippen molar-refractivity contribution < 1.29 is 0 Å². The van der Waals surface area contributed by atoms with E-state index in [9.17, 15) is 0 Å². The molecule has 1 heterocycles. The van der Waals surface area contributed by atoms with E-state index in [2.05, 4.69) is 55.4 Å². The zero-order valence-electron chi connectivity index (χ0n) is 13.0. The molecule has 2 aromatic rings. The van der Waals surface area contributed by atoms with E-state index in [0.29, 0.717) is 0 Å². The van der Waals surface area contributed by atoms with Crippen molar-refractivity contribution in [3.8, 4) is 0 Å². The van der Waals surface area contributed by atoms with E-state index in [0.717, 1.165) is 29.8 Å². The fraction of sp³-hybridized carbons (Fsp3) is 0.471. The maximum Gasteiger partial charge on any atom is 0.190 e. The monoisotopic (exact) mass is 301 g/mol. The molecule has 1 aromatic carbocycles. The summed E-state index contributed by atoms with van der Waals surface area (Å²) < 4.78 is 0. The number of aryl methyl sites for hydroxylation is 2. The molecule has 4 heteroatoms. The fourth-order valence-corrected chi connectivity index (χ4v) is 3.30. The van der Waals surface area contributed by atoms with Crippen LogP contribution in [0.1, 0.15) is 35.9 Å². The zero-order valence-corrected chi connectivity index (χ0v) is 13.8. The van der Waals surface area contributed by atoms with Crippen LogP contribution in [0, 0.1) is 6.92 Å². The molecule has 3 nitrogen and oxygen atoms in total. The summed E-state index contributed by atoms with van der Waals surface area (Å²) in [7, 11) is 2.09. The summed E-state index contributed by atoms with van der Waals surface area (Å²) in [6.07, 6.45) is 3.74. The van der Waals surface area contributed by atoms with Crippen LogP contribution >= 0.6 is 11.3 Å². The van der Waals surface area contributed by atoms with Gasteiger partial charge in [0.15, 0.2) is 5.13 Å². The summed E-state index contributed by atoms with van der Waals surface area (Å²) in [6.45, 7) is 5.25. The molecule has 21 heavy (non-hydrogen) atoms. The van der Waals surface area contributed by atoms with Gasteiger partial charge in [-0.15, -0.1) is 0 Å². The van der Waals surface area contributed by atoms with Crippen LogP contribution in [0.15, 0.2) is 24.3 Å². The molecule has 0 bridgehead atoms. The minimum atomic E-state index is 0.745. The van der Waals surface area contributed by atoms with E-state index < -0.39 is 0 Å². The Labute approximate surface area is 131 Å². The standard InChI is InChI=1S/C17H23N3S/c1-4-13-5-9-15(10-6-13)20(3)17-19-12(2)16(21-17)11-18-14-7-8-14/h5-6,9-10,14,18H,4,7-8,11H2,1-3H3. The molecule has 0 saturated heterocycles. The molecule has 1 N–H and O–H groups in total. The van der Waals surface area contributed by atoms with Crippen LogP contribution in [0.25, 0.3) is 0 Å². The van der Waals surface area contributed by atoms with Crippen molar-refractivity contribution in [1.29, 1.82) is 0 Å². The molecule has 3 rings (SSSR count). The highest BCUT2D eigenvalue weighted by Crippen LogP contribution is 2.31. The van der Waals surface area contributed by atoms with E-state index in [4.69, 9.17) is 4.98 Å². The first kappa shape index (κ1) is 14.5. The lowest BCUT2D eigenvalue weighted by molar-refractivity contribution is 0.691. The molecule has 0 atom stereocenters. The first-order valence-electron chi connectivity index (χ1n) is 7.69. The van der Waals surface area contributed by atoms with Gasteiger partial charge in [0.25, 0.3) is 0 Å². The van der Waals surface area contributed by atoms with Gasteiger partial charge in [0, 0.05) is 30.2 Å². The van der Waals surface area contributed by atoms with Gasteiger partial charge in [0.1, 0.15) is 0 Å². The van der Waals surface area contributed by atoms with Crippen LogP contribution in [-0.4, -0.2) is 18.1 Å². The predicted octanol–water partition coefficient (Wildman–Crippen LogP) is 4.03. The van der Waals surface area contributed by atoms with Crippen molar-refractivity contribution in [2.75, 3.05) is 11.9 Å². The Morgan fingerprint density at radius 2 is 2.00 bits per heavy atom. The van der Waals surface area contributed by atoms with Gasteiger partial charge >= 0.3 is 0 Å². The number of anilines is 2. The Kier molecular flexibility index (Phi) is 4.27. The van der Waals surface area contributed by atoms with Gasteiger partial charge in [-0.1, -0.05) is 30.4 Å². The molecule has 0 radical (unpaired) electrons. The van der Waals surface area contributed by atoms with E-state index in [-0.39, 0.29) is 0 Å². The van der Waals surface area contributed by atoms with E-state index in [1.54, 1.807) is 11.3 Å². The number of nitrogens with one attached hydrogen (secondary N) is 1. The molecule has 112 valence electrons. The van der Waals surface area contributed by atoms with E-state index >= 15 is 0 Å². The topological polar surface area (TPSA) is 28.2 Å². The van der Waals surface area contributed by atoms with Gasteiger partial charge in [-0.2, -0.15) is 0 Å². The number of hydrogen-bond acceptors (Lipinski definition) is 4. The zero-order chi connectivity index (χ0) is 14.8. The second-order valence-electron chi connectivity index (χ2n) is 5.74. The summed E-state index contributed by atoms with van der Waals surface area (Å²) in [5.41, 5.74) is 3.72. The highest BCUT2D eigenvalue weighted by atomic mass is 32.1. The number of hydrogen-bond donors (Lipinski definition) is 1. The number of thiazole rings is 1. The van der Waals surface area contributed by atoms with Gasteiger partial charge in [-0.3, -0.25) is 0 Å². The molecule has 1 aromatic heterocycles. The van der Waals surface area contributed by atoms with Crippen LogP contribution in [0.2, 0.25) is 0 Å². The molecule has 1 fully saturated rings. The third-order valence-corrected chi connectivity index (χ3v) is 5.26. The van der Waals surface area contributed by atoms with E-state index in [1.165, 1.54) is 29.0 Å². The van der Waals surface area contributed by atoms with Crippen molar-refractivity contribution >= 4 is 22.2 Å². The van der Waals surface area contributed by atoms with Crippen molar-refractivity contribution in [2.24, 2.45) is 0 Å². The summed E-state index contributed by atoms with van der Waals surface area (Å²) >= 11 is 1.79. The SMILES string of the molecule is CCc1ccc(N(C)c2nc(C)c(CNC3CC3)s2)cc1. The minimum Gasteiger partial charge on any atom is -0.321 e. The second-order valence-corrected chi connectivity index (χ2v) is 6.80. The average molecular weight is 301 g/mol. The van der Waals surface area contributed by atoms with Crippen LogP contribution < -0.4 is 10.2 Å². The summed E-state index contributed by atoms with van der Waals surface area (Å²) in [5.74, 6) is 0. The summed E-state index contributed by atoms with van der Waals surface area (Å²) in [4.78, 5) is 8.27. The Hall–Kier alpha value is -1.39.